The Kier molecular flexibility index (Phi) is 8.89. The van der Waals surface area contributed by atoms with Gasteiger partial charge in [0.2, 0.25) is 0 Å². The lowest BCUT2D eigenvalue weighted by Crippen LogP contribution is -2.44. The Balaban J connectivity index is 4.31. The molecular weight excluding hydrogens is 220 g/mol. The van der Waals surface area contributed by atoms with Crippen LogP contribution in [0.15, 0.2) is 0 Å². The molecule has 2 nitrogen and oxygen atoms in total. The van der Waals surface area contributed by atoms with Crippen molar-refractivity contribution >= 4 is 0 Å². The van der Waals surface area contributed by atoms with Gasteiger partial charge in [-0.05, 0) is 44.7 Å². The second-order valence-electron chi connectivity index (χ2n) is 6.76. The smallest absolute Gasteiger partial charge is 0.00614 e. The van der Waals surface area contributed by atoms with Gasteiger partial charge in [-0.1, -0.05) is 41.0 Å². The zero-order valence-corrected chi connectivity index (χ0v) is 13.8. The van der Waals surface area contributed by atoms with E-state index in [9.17, 15) is 0 Å². The summed E-state index contributed by atoms with van der Waals surface area (Å²) < 4.78 is 0. The third-order valence-corrected chi connectivity index (χ3v) is 3.93. The van der Waals surface area contributed by atoms with E-state index in [1.807, 2.05) is 0 Å². The Hall–Kier alpha value is -0.0800. The quantitative estimate of drug-likeness (QED) is 0.640. The van der Waals surface area contributed by atoms with Crippen molar-refractivity contribution < 1.29 is 0 Å². The van der Waals surface area contributed by atoms with E-state index in [0.717, 1.165) is 19.0 Å². The van der Waals surface area contributed by atoms with Crippen molar-refractivity contribution in [3.63, 3.8) is 0 Å². The Morgan fingerprint density at radius 1 is 1.17 bits per heavy atom. The van der Waals surface area contributed by atoms with Crippen LogP contribution in [-0.2, 0) is 0 Å². The summed E-state index contributed by atoms with van der Waals surface area (Å²) in [6.07, 6.45) is 3.81. The largest absolute Gasteiger partial charge is 0.316 e. The maximum absolute atomic E-state index is 3.65. The number of rotatable bonds is 10. The maximum atomic E-state index is 3.65. The minimum Gasteiger partial charge on any atom is -0.316 e. The molecule has 0 saturated heterocycles. The normalized spacial score (nSPS) is 17.2. The van der Waals surface area contributed by atoms with Crippen molar-refractivity contribution in [1.82, 2.24) is 10.2 Å². The first-order valence-electron chi connectivity index (χ1n) is 7.75. The lowest BCUT2D eigenvalue weighted by molar-refractivity contribution is 0.139. The van der Waals surface area contributed by atoms with Gasteiger partial charge in [-0.3, -0.25) is 0 Å². The van der Waals surface area contributed by atoms with Gasteiger partial charge in [0, 0.05) is 19.1 Å². The predicted octanol–water partition coefficient (Wildman–Crippen LogP) is 3.77. The number of nitrogens with one attached hydrogen (secondary N) is 1. The summed E-state index contributed by atoms with van der Waals surface area (Å²) in [4.78, 5) is 2.52. The van der Waals surface area contributed by atoms with Crippen LogP contribution in [0.3, 0.4) is 0 Å². The molecule has 0 aliphatic heterocycles. The minimum atomic E-state index is 0.405. The molecule has 110 valence electrons. The Morgan fingerprint density at radius 3 is 2.22 bits per heavy atom. The summed E-state index contributed by atoms with van der Waals surface area (Å²) in [5.74, 6) is 0.739. The first-order chi connectivity index (χ1) is 8.34. The van der Waals surface area contributed by atoms with E-state index in [1.54, 1.807) is 0 Å². The molecule has 0 amide bonds. The van der Waals surface area contributed by atoms with Crippen LogP contribution >= 0.6 is 0 Å². The van der Waals surface area contributed by atoms with Crippen LogP contribution in [0.1, 0.15) is 60.8 Å². The molecular formula is C16H36N2. The van der Waals surface area contributed by atoms with Crippen molar-refractivity contribution in [1.29, 1.82) is 0 Å². The topological polar surface area (TPSA) is 15.3 Å². The Morgan fingerprint density at radius 2 is 1.78 bits per heavy atom. The highest BCUT2D eigenvalue weighted by Gasteiger charge is 2.26. The third-order valence-electron chi connectivity index (χ3n) is 3.93. The molecule has 0 radical (unpaired) electrons. The van der Waals surface area contributed by atoms with Crippen LogP contribution in [0.25, 0.3) is 0 Å². The number of hydrogen-bond acceptors (Lipinski definition) is 2. The Labute approximate surface area is 116 Å². The van der Waals surface area contributed by atoms with Crippen LogP contribution in [0.5, 0.6) is 0 Å². The summed E-state index contributed by atoms with van der Waals surface area (Å²) >= 11 is 0. The van der Waals surface area contributed by atoms with Crippen molar-refractivity contribution in [2.75, 3.05) is 26.7 Å². The molecule has 2 heteroatoms. The van der Waals surface area contributed by atoms with Crippen LogP contribution in [0, 0.1) is 11.3 Å². The number of hydrogen-bond donors (Lipinski definition) is 1. The summed E-state index contributed by atoms with van der Waals surface area (Å²) in [7, 11) is 2.27. The average molecular weight is 256 g/mol. The molecule has 2 unspecified atom stereocenters. The molecule has 0 aromatic carbocycles. The van der Waals surface area contributed by atoms with Crippen LogP contribution < -0.4 is 5.32 Å². The summed E-state index contributed by atoms with van der Waals surface area (Å²) in [6, 6.07) is 0.686. The Bertz CT molecular complexity index is 203. The van der Waals surface area contributed by atoms with Gasteiger partial charge in [0.1, 0.15) is 0 Å². The summed E-state index contributed by atoms with van der Waals surface area (Å²) in [6.45, 7) is 17.3. The fourth-order valence-electron chi connectivity index (χ4n) is 2.56. The maximum Gasteiger partial charge on any atom is 0.00614 e. The lowest BCUT2D eigenvalue weighted by atomic mass is 9.84. The first kappa shape index (κ1) is 17.9. The van der Waals surface area contributed by atoms with E-state index in [1.165, 1.54) is 25.8 Å². The zero-order valence-electron chi connectivity index (χ0n) is 13.8. The van der Waals surface area contributed by atoms with Crippen LogP contribution in [-0.4, -0.2) is 37.6 Å². The van der Waals surface area contributed by atoms with Crippen molar-refractivity contribution in [3.05, 3.63) is 0 Å². The second-order valence-corrected chi connectivity index (χ2v) is 6.76. The monoisotopic (exact) mass is 256 g/mol. The highest BCUT2D eigenvalue weighted by molar-refractivity contribution is 4.81. The molecule has 0 bridgehead atoms. The van der Waals surface area contributed by atoms with Gasteiger partial charge in [0.25, 0.3) is 0 Å². The second kappa shape index (κ2) is 8.92. The van der Waals surface area contributed by atoms with Gasteiger partial charge in [0.05, 0.1) is 0 Å². The highest BCUT2D eigenvalue weighted by Crippen LogP contribution is 2.24. The van der Waals surface area contributed by atoms with E-state index in [4.69, 9.17) is 0 Å². The molecule has 0 saturated carbocycles. The molecule has 18 heavy (non-hydrogen) atoms. The molecule has 0 aromatic rings. The van der Waals surface area contributed by atoms with Gasteiger partial charge >= 0.3 is 0 Å². The van der Waals surface area contributed by atoms with E-state index >= 15 is 0 Å². The van der Waals surface area contributed by atoms with Gasteiger partial charge in [-0.15, -0.1) is 0 Å². The zero-order chi connectivity index (χ0) is 14.2. The van der Waals surface area contributed by atoms with Gasteiger partial charge in [0.15, 0.2) is 0 Å². The van der Waals surface area contributed by atoms with E-state index in [0.29, 0.717) is 11.5 Å². The first-order valence-corrected chi connectivity index (χ1v) is 7.75. The molecule has 2 atom stereocenters. The van der Waals surface area contributed by atoms with E-state index < -0.39 is 0 Å². The molecule has 0 rings (SSSR count). The van der Waals surface area contributed by atoms with Crippen LogP contribution in [0.4, 0.5) is 0 Å². The van der Waals surface area contributed by atoms with Crippen molar-refractivity contribution in [3.8, 4) is 0 Å². The van der Waals surface area contributed by atoms with Gasteiger partial charge in [-0.2, -0.15) is 0 Å². The molecule has 0 spiro atoms. The van der Waals surface area contributed by atoms with E-state index in [-0.39, 0.29) is 0 Å². The molecule has 0 heterocycles. The summed E-state index contributed by atoms with van der Waals surface area (Å²) in [5.41, 5.74) is 0.405. The molecule has 0 aromatic heterocycles. The molecule has 0 aliphatic rings. The van der Waals surface area contributed by atoms with Gasteiger partial charge < -0.3 is 10.2 Å². The standard InChI is InChI=1S/C16H36N2/c1-8-10-16(6,12-17-11-14(3)4)13-18(7)15(5)9-2/h14-15,17H,8-13H2,1-7H3. The minimum absolute atomic E-state index is 0.405. The van der Waals surface area contributed by atoms with E-state index in [2.05, 4.69) is 58.8 Å². The summed E-state index contributed by atoms with van der Waals surface area (Å²) in [5, 5.41) is 3.65. The fourth-order valence-corrected chi connectivity index (χ4v) is 2.56. The predicted molar refractivity (Wildman–Crippen MR) is 83.1 cm³/mol. The fraction of sp³-hybridized carbons (Fsp3) is 1.00. The van der Waals surface area contributed by atoms with Crippen LogP contribution in [0.2, 0.25) is 0 Å². The third kappa shape index (κ3) is 7.38. The molecule has 1 N–H and O–H groups in total. The SMILES string of the molecule is CCCC(C)(CNCC(C)C)CN(C)C(C)CC. The molecule has 0 fully saturated rings. The van der Waals surface area contributed by atoms with Gasteiger partial charge in [-0.25, -0.2) is 0 Å². The van der Waals surface area contributed by atoms with Crippen molar-refractivity contribution in [2.24, 2.45) is 11.3 Å². The van der Waals surface area contributed by atoms with Crippen molar-refractivity contribution in [2.45, 2.75) is 66.8 Å². The highest BCUT2D eigenvalue weighted by atomic mass is 15.1. The lowest BCUT2D eigenvalue weighted by Gasteiger charge is -2.36. The average Bonchev–Trinajstić information content (AvgIpc) is 2.27. The number of nitrogens with zero attached hydrogens (tertiary/aromatic N) is 1. The molecule has 0 aliphatic carbocycles.